The van der Waals surface area contributed by atoms with Crippen LogP contribution in [-0.4, -0.2) is 16.4 Å². The van der Waals surface area contributed by atoms with E-state index in [1.165, 1.54) is 0 Å². The van der Waals surface area contributed by atoms with Gasteiger partial charge in [0.15, 0.2) is 0 Å². The third-order valence-corrected chi connectivity index (χ3v) is 3.22. The molecule has 0 saturated heterocycles. The van der Waals surface area contributed by atoms with Crippen molar-refractivity contribution in [2.24, 2.45) is 0 Å². The molecule has 1 aromatic rings. The summed E-state index contributed by atoms with van der Waals surface area (Å²) in [6, 6.07) is 7.29. The number of carbonyl (C=O) groups is 1. The Morgan fingerprint density at radius 3 is 2.76 bits per heavy atom. The van der Waals surface area contributed by atoms with Crippen molar-refractivity contribution < 1.29 is 4.79 Å². The minimum Gasteiger partial charge on any atom is -0.325 e. The van der Waals surface area contributed by atoms with Crippen molar-refractivity contribution in [2.75, 3.05) is 11.1 Å². The van der Waals surface area contributed by atoms with Crippen LogP contribution in [-0.2, 0) is 4.79 Å². The third-order valence-electron chi connectivity index (χ3n) is 1.95. The van der Waals surface area contributed by atoms with Crippen molar-refractivity contribution in [1.29, 1.82) is 0 Å². The number of terminal acetylenes is 1. The zero-order valence-corrected chi connectivity index (χ0v) is 11.2. The Bertz CT molecular complexity index is 440. The minimum atomic E-state index is -0.000837. The molecule has 0 heterocycles. The summed E-state index contributed by atoms with van der Waals surface area (Å²) < 4.78 is 0.0952. The second kappa shape index (κ2) is 5.79. The zero-order chi connectivity index (χ0) is 12.9. The van der Waals surface area contributed by atoms with Gasteiger partial charge in [0.1, 0.15) is 0 Å². The molecule has 17 heavy (non-hydrogen) atoms. The van der Waals surface area contributed by atoms with Crippen LogP contribution in [0.1, 0.15) is 26.3 Å². The van der Waals surface area contributed by atoms with Gasteiger partial charge in [-0.3, -0.25) is 4.79 Å². The average molecular weight is 247 g/mol. The molecular weight excluding hydrogens is 230 g/mol. The molecule has 0 fully saturated rings. The van der Waals surface area contributed by atoms with Crippen LogP contribution in [0, 0.1) is 12.3 Å². The van der Waals surface area contributed by atoms with Crippen LogP contribution in [0.25, 0.3) is 0 Å². The quantitative estimate of drug-likeness (QED) is 0.831. The van der Waals surface area contributed by atoms with E-state index in [9.17, 15) is 4.79 Å². The van der Waals surface area contributed by atoms with E-state index in [0.29, 0.717) is 5.75 Å². The summed E-state index contributed by atoms with van der Waals surface area (Å²) in [4.78, 5) is 11.7. The summed E-state index contributed by atoms with van der Waals surface area (Å²) in [6.45, 7) is 6.26. The summed E-state index contributed by atoms with van der Waals surface area (Å²) in [5, 5.41) is 2.83. The van der Waals surface area contributed by atoms with Gasteiger partial charge >= 0.3 is 0 Å². The molecule has 3 heteroatoms. The highest BCUT2D eigenvalue weighted by atomic mass is 32.2. The van der Waals surface area contributed by atoms with Gasteiger partial charge < -0.3 is 5.32 Å². The van der Waals surface area contributed by atoms with Gasteiger partial charge in [-0.2, -0.15) is 0 Å². The van der Waals surface area contributed by atoms with Gasteiger partial charge in [0, 0.05) is 16.0 Å². The van der Waals surface area contributed by atoms with Gasteiger partial charge in [-0.25, -0.2) is 0 Å². The predicted octanol–water partition coefficient (Wildman–Crippen LogP) is 3.14. The van der Waals surface area contributed by atoms with Crippen LogP contribution in [0.4, 0.5) is 5.69 Å². The first-order valence-electron chi connectivity index (χ1n) is 5.41. The summed E-state index contributed by atoms with van der Waals surface area (Å²) in [5.41, 5.74) is 1.52. The molecule has 0 aliphatic carbocycles. The molecule has 0 aliphatic heterocycles. The van der Waals surface area contributed by atoms with Crippen molar-refractivity contribution in [3.63, 3.8) is 0 Å². The number of carbonyl (C=O) groups excluding carboxylic acids is 1. The Labute approximate surface area is 107 Å². The molecule has 1 aromatic carbocycles. The van der Waals surface area contributed by atoms with Crippen LogP contribution in [0.2, 0.25) is 0 Å². The Balaban J connectivity index is 2.54. The molecule has 0 saturated carbocycles. The molecule has 2 nitrogen and oxygen atoms in total. The molecule has 1 N–H and O–H groups in total. The first kappa shape index (κ1) is 13.7. The largest absolute Gasteiger partial charge is 0.325 e. The molecule has 0 spiro atoms. The summed E-state index contributed by atoms with van der Waals surface area (Å²) >= 11 is 1.62. The van der Waals surface area contributed by atoms with E-state index in [1.807, 2.05) is 18.2 Å². The molecule has 1 rings (SSSR count). The number of rotatable bonds is 3. The highest BCUT2D eigenvalue weighted by Gasteiger charge is 2.13. The molecule has 1 amide bonds. The number of nitrogens with one attached hydrogen (secondary N) is 1. The Kier molecular flexibility index (Phi) is 4.65. The Morgan fingerprint density at radius 1 is 1.47 bits per heavy atom. The van der Waals surface area contributed by atoms with Crippen LogP contribution < -0.4 is 5.32 Å². The van der Waals surface area contributed by atoms with Crippen molar-refractivity contribution in [1.82, 2.24) is 0 Å². The first-order valence-corrected chi connectivity index (χ1v) is 6.40. The minimum absolute atomic E-state index is 0.000837. The lowest BCUT2D eigenvalue weighted by atomic mass is 10.2. The fourth-order valence-electron chi connectivity index (χ4n) is 1.17. The van der Waals surface area contributed by atoms with E-state index >= 15 is 0 Å². The zero-order valence-electron chi connectivity index (χ0n) is 10.4. The van der Waals surface area contributed by atoms with E-state index in [0.717, 1.165) is 11.3 Å². The molecule has 0 radical (unpaired) electrons. The summed E-state index contributed by atoms with van der Waals surface area (Å²) in [5.74, 6) is 2.99. The SMILES string of the molecule is C#Cc1cccc(NC(=O)CSC(C)(C)C)c1. The van der Waals surface area contributed by atoms with E-state index in [1.54, 1.807) is 17.8 Å². The van der Waals surface area contributed by atoms with Gasteiger partial charge in [0.05, 0.1) is 5.75 Å². The topological polar surface area (TPSA) is 29.1 Å². The van der Waals surface area contributed by atoms with Crippen molar-refractivity contribution >= 4 is 23.4 Å². The number of amides is 1. The Hall–Kier alpha value is -1.40. The van der Waals surface area contributed by atoms with Crippen LogP contribution >= 0.6 is 11.8 Å². The molecular formula is C14H17NOS. The van der Waals surface area contributed by atoms with Gasteiger partial charge in [0.2, 0.25) is 5.91 Å². The van der Waals surface area contributed by atoms with Gasteiger partial charge in [-0.05, 0) is 18.2 Å². The fraction of sp³-hybridized carbons (Fsp3) is 0.357. The average Bonchev–Trinajstić information content (AvgIpc) is 2.26. The number of thioether (sulfide) groups is 1. The summed E-state index contributed by atoms with van der Waals surface area (Å²) in [6.07, 6.45) is 5.30. The van der Waals surface area contributed by atoms with Gasteiger partial charge in [-0.15, -0.1) is 18.2 Å². The van der Waals surface area contributed by atoms with E-state index < -0.39 is 0 Å². The van der Waals surface area contributed by atoms with E-state index in [4.69, 9.17) is 6.42 Å². The van der Waals surface area contributed by atoms with Crippen molar-refractivity contribution in [3.05, 3.63) is 29.8 Å². The molecule has 0 bridgehead atoms. The summed E-state index contributed by atoms with van der Waals surface area (Å²) in [7, 11) is 0. The first-order chi connectivity index (χ1) is 7.90. The lowest BCUT2D eigenvalue weighted by Gasteiger charge is -2.17. The number of benzene rings is 1. The van der Waals surface area contributed by atoms with Crippen molar-refractivity contribution in [2.45, 2.75) is 25.5 Å². The van der Waals surface area contributed by atoms with Gasteiger partial charge in [-0.1, -0.05) is 32.8 Å². The maximum Gasteiger partial charge on any atom is 0.234 e. The third kappa shape index (κ3) is 5.46. The number of hydrogen-bond acceptors (Lipinski definition) is 2. The standard InChI is InChI=1S/C14H17NOS/c1-5-11-7-6-8-12(9-11)15-13(16)10-17-14(2,3)4/h1,6-9H,10H2,2-4H3,(H,15,16). The smallest absolute Gasteiger partial charge is 0.234 e. The van der Waals surface area contributed by atoms with E-state index in [-0.39, 0.29) is 10.7 Å². The highest BCUT2D eigenvalue weighted by Crippen LogP contribution is 2.23. The number of anilines is 1. The predicted molar refractivity (Wildman–Crippen MR) is 75.2 cm³/mol. The maximum absolute atomic E-state index is 11.7. The normalized spacial score (nSPS) is 10.7. The van der Waals surface area contributed by atoms with Crippen LogP contribution in [0.5, 0.6) is 0 Å². The van der Waals surface area contributed by atoms with Gasteiger partial charge in [0.25, 0.3) is 0 Å². The second-order valence-electron chi connectivity index (χ2n) is 4.67. The Morgan fingerprint density at radius 2 is 2.18 bits per heavy atom. The molecule has 90 valence electrons. The monoisotopic (exact) mass is 247 g/mol. The molecule has 0 atom stereocenters. The molecule has 0 aromatic heterocycles. The maximum atomic E-state index is 11.7. The van der Waals surface area contributed by atoms with Crippen molar-refractivity contribution in [3.8, 4) is 12.3 Å². The van der Waals surface area contributed by atoms with E-state index in [2.05, 4.69) is 32.0 Å². The highest BCUT2D eigenvalue weighted by molar-refractivity contribution is 8.01. The lowest BCUT2D eigenvalue weighted by molar-refractivity contribution is -0.113. The second-order valence-corrected chi connectivity index (χ2v) is 6.48. The number of hydrogen-bond donors (Lipinski definition) is 1. The van der Waals surface area contributed by atoms with Crippen LogP contribution in [0.3, 0.4) is 0 Å². The fourth-order valence-corrected chi connectivity index (χ4v) is 1.80. The lowest BCUT2D eigenvalue weighted by Crippen LogP contribution is -2.18. The van der Waals surface area contributed by atoms with Crippen LogP contribution in [0.15, 0.2) is 24.3 Å². The molecule has 0 aliphatic rings. The molecule has 0 unspecified atom stereocenters.